The zero-order valence-electron chi connectivity index (χ0n) is 12.9. The van der Waals surface area contributed by atoms with Crippen molar-refractivity contribution >= 4 is 28.7 Å². The lowest BCUT2D eigenvalue weighted by atomic mass is 9.86. The molecule has 0 unspecified atom stereocenters. The van der Waals surface area contributed by atoms with Gasteiger partial charge in [-0.25, -0.2) is 0 Å². The van der Waals surface area contributed by atoms with Crippen molar-refractivity contribution in [3.05, 3.63) is 56.8 Å². The fraction of sp³-hybridized carbons (Fsp3) is 0.389. The number of benzene rings is 1. The quantitative estimate of drug-likeness (QED) is 0.503. The van der Waals surface area contributed by atoms with Crippen molar-refractivity contribution in [2.45, 2.75) is 39.5 Å². The van der Waals surface area contributed by atoms with Crippen molar-refractivity contribution in [2.75, 3.05) is 0 Å². The predicted octanol–water partition coefficient (Wildman–Crippen LogP) is 5.79. The second kappa shape index (κ2) is 6.76. The molecular weight excluding hydrogens is 300 g/mol. The average molecular weight is 321 g/mol. The van der Waals surface area contributed by atoms with E-state index in [9.17, 15) is 4.79 Å². The van der Waals surface area contributed by atoms with E-state index < -0.39 is 0 Å². The van der Waals surface area contributed by atoms with Gasteiger partial charge in [-0.2, -0.15) is 0 Å². The van der Waals surface area contributed by atoms with Crippen LogP contribution in [-0.4, -0.2) is 5.78 Å². The van der Waals surface area contributed by atoms with Gasteiger partial charge in [-0.1, -0.05) is 32.0 Å². The highest BCUT2D eigenvalue weighted by atomic mass is 35.5. The number of carbonyl (C=O) groups is 1. The van der Waals surface area contributed by atoms with Crippen LogP contribution in [-0.2, 0) is 5.88 Å². The number of hydrogen-bond acceptors (Lipinski definition) is 2. The van der Waals surface area contributed by atoms with Crippen molar-refractivity contribution < 1.29 is 4.79 Å². The summed E-state index contributed by atoms with van der Waals surface area (Å²) in [5.74, 6) is 1.45. The van der Waals surface area contributed by atoms with Crippen LogP contribution in [0.25, 0.3) is 0 Å². The highest BCUT2D eigenvalue weighted by Gasteiger charge is 2.21. The largest absolute Gasteiger partial charge is 0.294 e. The molecule has 2 rings (SSSR count). The maximum absolute atomic E-state index is 11.5. The van der Waals surface area contributed by atoms with Crippen LogP contribution in [0.1, 0.15) is 57.9 Å². The number of hydrogen-bond donors (Lipinski definition) is 0. The Morgan fingerprint density at radius 2 is 1.95 bits per heavy atom. The Hall–Kier alpha value is -1.12. The molecule has 0 radical (unpaired) electrons. The van der Waals surface area contributed by atoms with Crippen LogP contribution >= 0.6 is 22.9 Å². The van der Waals surface area contributed by atoms with E-state index in [0.717, 1.165) is 4.88 Å². The van der Waals surface area contributed by atoms with Crippen molar-refractivity contribution in [1.29, 1.82) is 0 Å². The van der Waals surface area contributed by atoms with Gasteiger partial charge in [0.2, 0.25) is 0 Å². The SMILES string of the molecule is CC(=O)c1ccc([C@H](c2ccc(C)c(CCl)c2)C(C)C)s1. The van der Waals surface area contributed by atoms with E-state index in [2.05, 4.69) is 45.0 Å². The molecule has 0 saturated carbocycles. The summed E-state index contributed by atoms with van der Waals surface area (Å²) in [7, 11) is 0. The summed E-state index contributed by atoms with van der Waals surface area (Å²) in [5.41, 5.74) is 3.69. The van der Waals surface area contributed by atoms with Crippen LogP contribution in [0.5, 0.6) is 0 Å². The van der Waals surface area contributed by atoms with E-state index in [1.807, 2.05) is 6.07 Å². The van der Waals surface area contributed by atoms with Crippen molar-refractivity contribution in [3.8, 4) is 0 Å². The van der Waals surface area contributed by atoms with E-state index in [-0.39, 0.29) is 5.78 Å². The molecule has 112 valence electrons. The molecule has 0 N–H and O–H groups in total. The number of rotatable bonds is 5. The first-order valence-corrected chi connectivity index (χ1v) is 8.55. The second-order valence-corrected chi connectivity index (χ2v) is 7.18. The fourth-order valence-corrected chi connectivity index (χ4v) is 4.11. The minimum atomic E-state index is 0.138. The average Bonchev–Trinajstić information content (AvgIpc) is 2.90. The number of halogens is 1. The molecule has 0 aliphatic rings. The lowest BCUT2D eigenvalue weighted by Gasteiger charge is -2.21. The van der Waals surface area contributed by atoms with Gasteiger partial charge in [0.1, 0.15) is 0 Å². The van der Waals surface area contributed by atoms with E-state index in [1.165, 1.54) is 21.6 Å². The highest BCUT2D eigenvalue weighted by molar-refractivity contribution is 7.14. The normalized spacial score (nSPS) is 12.7. The number of alkyl halides is 1. The molecule has 1 nitrogen and oxygen atoms in total. The van der Waals surface area contributed by atoms with Crippen LogP contribution in [0.2, 0.25) is 0 Å². The fourth-order valence-electron chi connectivity index (χ4n) is 2.62. The first-order valence-electron chi connectivity index (χ1n) is 7.20. The van der Waals surface area contributed by atoms with Gasteiger partial charge in [-0.05, 0) is 48.6 Å². The minimum Gasteiger partial charge on any atom is -0.294 e. The van der Waals surface area contributed by atoms with E-state index in [1.54, 1.807) is 18.3 Å². The summed E-state index contributed by atoms with van der Waals surface area (Å²) in [4.78, 5) is 13.6. The van der Waals surface area contributed by atoms with Crippen LogP contribution in [0.3, 0.4) is 0 Å². The van der Waals surface area contributed by atoms with Crippen molar-refractivity contribution in [1.82, 2.24) is 0 Å². The third-order valence-electron chi connectivity index (χ3n) is 3.82. The lowest BCUT2D eigenvalue weighted by molar-refractivity contribution is 0.102. The molecule has 1 atom stereocenters. The molecule has 21 heavy (non-hydrogen) atoms. The maximum atomic E-state index is 11.5. The van der Waals surface area contributed by atoms with Gasteiger partial charge >= 0.3 is 0 Å². The van der Waals surface area contributed by atoms with Gasteiger partial charge < -0.3 is 0 Å². The minimum absolute atomic E-state index is 0.138. The molecule has 0 amide bonds. The Morgan fingerprint density at radius 3 is 2.48 bits per heavy atom. The standard InChI is InChI=1S/C18H21ClOS/c1-11(2)18(17-8-7-16(21-17)13(4)20)14-6-5-12(3)15(9-14)10-19/h5-9,11,18H,10H2,1-4H3/t18-/m0/s1. The predicted molar refractivity (Wildman–Crippen MR) is 91.7 cm³/mol. The first kappa shape index (κ1) is 16.3. The van der Waals surface area contributed by atoms with E-state index >= 15 is 0 Å². The maximum Gasteiger partial charge on any atom is 0.169 e. The van der Waals surface area contributed by atoms with E-state index in [4.69, 9.17) is 11.6 Å². The Kier molecular flexibility index (Phi) is 5.23. The number of Topliss-reactive ketones (excluding diaryl/α,β-unsaturated/α-hetero) is 1. The molecule has 3 heteroatoms. The molecule has 1 aromatic heterocycles. The molecule has 1 heterocycles. The van der Waals surface area contributed by atoms with Gasteiger partial charge in [0, 0.05) is 16.7 Å². The molecule has 0 saturated heterocycles. The summed E-state index contributed by atoms with van der Waals surface area (Å²) in [5, 5.41) is 0. The Morgan fingerprint density at radius 1 is 1.24 bits per heavy atom. The molecule has 0 bridgehead atoms. The molecular formula is C18H21ClOS. The number of aryl methyl sites for hydroxylation is 1. The third kappa shape index (κ3) is 3.56. The number of thiophene rings is 1. The van der Waals surface area contributed by atoms with Crippen LogP contribution in [0.4, 0.5) is 0 Å². The summed E-state index contributed by atoms with van der Waals surface area (Å²) < 4.78 is 0. The second-order valence-electron chi connectivity index (χ2n) is 5.80. The molecule has 0 aliphatic heterocycles. The zero-order valence-corrected chi connectivity index (χ0v) is 14.5. The summed E-state index contributed by atoms with van der Waals surface area (Å²) in [6, 6.07) is 10.6. The molecule has 2 aromatic rings. The summed E-state index contributed by atoms with van der Waals surface area (Å²) in [6.45, 7) is 8.15. The van der Waals surface area contributed by atoms with Gasteiger partial charge in [-0.15, -0.1) is 22.9 Å². The zero-order chi connectivity index (χ0) is 15.6. The highest BCUT2D eigenvalue weighted by Crippen LogP contribution is 2.37. The molecule has 0 aliphatic carbocycles. The smallest absolute Gasteiger partial charge is 0.169 e. The summed E-state index contributed by atoms with van der Waals surface area (Å²) in [6.07, 6.45) is 0. The number of carbonyl (C=O) groups excluding carboxylic acids is 1. The van der Waals surface area contributed by atoms with Gasteiger partial charge in [0.05, 0.1) is 4.88 Å². The Balaban J connectivity index is 2.45. The van der Waals surface area contributed by atoms with Crippen molar-refractivity contribution in [2.24, 2.45) is 5.92 Å². The first-order chi connectivity index (χ1) is 9.93. The number of ketones is 1. The van der Waals surface area contributed by atoms with E-state index in [0.29, 0.717) is 17.7 Å². The Labute approximate surface area is 136 Å². The van der Waals surface area contributed by atoms with Crippen LogP contribution < -0.4 is 0 Å². The molecule has 0 spiro atoms. The van der Waals surface area contributed by atoms with Crippen LogP contribution in [0, 0.1) is 12.8 Å². The van der Waals surface area contributed by atoms with Gasteiger partial charge in [-0.3, -0.25) is 4.79 Å². The topological polar surface area (TPSA) is 17.1 Å². The lowest BCUT2D eigenvalue weighted by Crippen LogP contribution is -2.07. The third-order valence-corrected chi connectivity index (χ3v) is 5.38. The Bertz CT molecular complexity index is 642. The van der Waals surface area contributed by atoms with Crippen LogP contribution in [0.15, 0.2) is 30.3 Å². The van der Waals surface area contributed by atoms with Gasteiger partial charge in [0.15, 0.2) is 5.78 Å². The molecule has 1 aromatic carbocycles. The monoisotopic (exact) mass is 320 g/mol. The van der Waals surface area contributed by atoms with Gasteiger partial charge in [0.25, 0.3) is 0 Å². The summed E-state index contributed by atoms with van der Waals surface area (Å²) >= 11 is 7.65. The molecule has 0 fully saturated rings. The van der Waals surface area contributed by atoms with Crippen molar-refractivity contribution in [3.63, 3.8) is 0 Å².